The minimum Gasteiger partial charge on any atom is -0.371 e. The van der Waals surface area contributed by atoms with Crippen molar-refractivity contribution in [3.63, 3.8) is 0 Å². The first-order chi connectivity index (χ1) is 8.86. The molecule has 94 valence electrons. The topological polar surface area (TPSA) is 27.0 Å². The average Bonchev–Trinajstić information content (AvgIpc) is 2.47. The molecule has 1 saturated carbocycles. The molecule has 0 N–H and O–H groups in total. The highest BCUT2D eigenvalue weighted by atomic mass is 15.1. The van der Waals surface area contributed by atoms with Gasteiger partial charge < -0.3 is 4.90 Å². The van der Waals surface area contributed by atoms with E-state index in [1.807, 2.05) is 18.2 Å². The molecule has 0 aromatic heterocycles. The van der Waals surface area contributed by atoms with Gasteiger partial charge in [0.15, 0.2) is 0 Å². The standard InChI is InChI=1S/C16H20N2/c17-11-13-4-3-7-16(10-13)18-9-8-14-5-1-2-6-15(14)12-18/h3-4,7,10,14-15H,1-2,5-6,8-9,12H2. The summed E-state index contributed by atoms with van der Waals surface area (Å²) >= 11 is 0. The highest BCUT2D eigenvalue weighted by molar-refractivity contribution is 5.51. The summed E-state index contributed by atoms with van der Waals surface area (Å²) in [6, 6.07) is 10.3. The van der Waals surface area contributed by atoms with E-state index in [0.717, 1.165) is 23.9 Å². The predicted molar refractivity (Wildman–Crippen MR) is 73.4 cm³/mol. The van der Waals surface area contributed by atoms with Crippen molar-refractivity contribution in [1.29, 1.82) is 5.26 Å². The van der Waals surface area contributed by atoms with Gasteiger partial charge in [-0.1, -0.05) is 25.3 Å². The Morgan fingerprint density at radius 3 is 2.78 bits per heavy atom. The van der Waals surface area contributed by atoms with E-state index >= 15 is 0 Å². The van der Waals surface area contributed by atoms with Crippen molar-refractivity contribution in [3.05, 3.63) is 29.8 Å². The van der Waals surface area contributed by atoms with Crippen LogP contribution in [0.4, 0.5) is 5.69 Å². The van der Waals surface area contributed by atoms with Gasteiger partial charge in [-0.05, 0) is 42.9 Å². The van der Waals surface area contributed by atoms with Crippen LogP contribution in [0.15, 0.2) is 24.3 Å². The van der Waals surface area contributed by atoms with Crippen LogP contribution in [0.3, 0.4) is 0 Å². The molecule has 0 spiro atoms. The van der Waals surface area contributed by atoms with Crippen LogP contribution in [0.5, 0.6) is 0 Å². The lowest BCUT2D eigenvalue weighted by Gasteiger charge is -2.42. The van der Waals surface area contributed by atoms with Crippen LogP contribution in [-0.2, 0) is 0 Å². The maximum absolute atomic E-state index is 8.98. The van der Waals surface area contributed by atoms with Crippen molar-refractivity contribution in [2.45, 2.75) is 32.1 Å². The summed E-state index contributed by atoms with van der Waals surface area (Å²) in [4.78, 5) is 2.48. The minimum absolute atomic E-state index is 0.776. The van der Waals surface area contributed by atoms with E-state index in [-0.39, 0.29) is 0 Å². The largest absolute Gasteiger partial charge is 0.371 e. The van der Waals surface area contributed by atoms with Crippen LogP contribution < -0.4 is 4.90 Å². The van der Waals surface area contributed by atoms with Gasteiger partial charge in [0.25, 0.3) is 0 Å². The molecule has 2 nitrogen and oxygen atoms in total. The van der Waals surface area contributed by atoms with Gasteiger partial charge in [-0.25, -0.2) is 0 Å². The molecule has 1 saturated heterocycles. The molecule has 0 radical (unpaired) electrons. The molecular formula is C16H20N2. The lowest BCUT2D eigenvalue weighted by molar-refractivity contribution is 0.202. The Bertz CT molecular complexity index is 460. The molecule has 2 heteroatoms. The van der Waals surface area contributed by atoms with Gasteiger partial charge in [0.2, 0.25) is 0 Å². The molecule has 2 fully saturated rings. The van der Waals surface area contributed by atoms with Crippen LogP contribution in [0.25, 0.3) is 0 Å². The van der Waals surface area contributed by atoms with E-state index in [9.17, 15) is 0 Å². The number of piperidine rings is 1. The van der Waals surface area contributed by atoms with Gasteiger partial charge in [0, 0.05) is 18.8 Å². The highest BCUT2D eigenvalue weighted by Crippen LogP contribution is 2.37. The molecule has 0 bridgehead atoms. The van der Waals surface area contributed by atoms with Crippen LogP contribution in [0.1, 0.15) is 37.7 Å². The molecule has 2 atom stereocenters. The van der Waals surface area contributed by atoms with Crippen LogP contribution in [0, 0.1) is 23.2 Å². The van der Waals surface area contributed by atoms with E-state index in [1.54, 1.807) is 0 Å². The second-order valence-electron chi connectivity index (χ2n) is 5.70. The van der Waals surface area contributed by atoms with E-state index in [4.69, 9.17) is 5.26 Å². The summed E-state index contributed by atoms with van der Waals surface area (Å²) in [6.45, 7) is 2.36. The third-order valence-electron chi connectivity index (χ3n) is 4.63. The molecule has 18 heavy (non-hydrogen) atoms. The highest BCUT2D eigenvalue weighted by Gasteiger charge is 2.31. The second kappa shape index (κ2) is 5.02. The van der Waals surface area contributed by atoms with Crippen LogP contribution in [-0.4, -0.2) is 13.1 Å². The third-order valence-corrected chi connectivity index (χ3v) is 4.63. The SMILES string of the molecule is N#Cc1cccc(N2CCC3CCCCC3C2)c1. The molecular weight excluding hydrogens is 220 g/mol. The summed E-state index contributed by atoms with van der Waals surface area (Å²) in [5, 5.41) is 8.98. The van der Waals surface area contributed by atoms with Crippen molar-refractivity contribution in [2.24, 2.45) is 11.8 Å². The van der Waals surface area contributed by atoms with Gasteiger partial charge >= 0.3 is 0 Å². The molecule has 1 aliphatic carbocycles. The summed E-state index contributed by atoms with van der Waals surface area (Å²) < 4.78 is 0. The fourth-order valence-electron chi connectivity index (χ4n) is 3.61. The molecule has 1 heterocycles. The minimum atomic E-state index is 0.776. The lowest BCUT2D eigenvalue weighted by atomic mass is 9.75. The Balaban J connectivity index is 1.75. The quantitative estimate of drug-likeness (QED) is 0.750. The zero-order valence-corrected chi connectivity index (χ0v) is 10.8. The zero-order chi connectivity index (χ0) is 12.4. The first-order valence-electron chi connectivity index (χ1n) is 7.12. The normalized spacial score (nSPS) is 27.4. The number of benzene rings is 1. The average molecular weight is 240 g/mol. The summed E-state index contributed by atoms with van der Waals surface area (Å²) in [5.41, 5.74) is 2.01. The van der Waals surface area contributed by atoms with Crippen molar-refractivity contribution < 1.29 is 0 Å². The zero-order valence-electron chi connectivity index (χ0n) is 10.8. The monoisotopic (exact) mass is 240 g/mol. The maximum Gasteiger partial charge on any atom is 0.0992 e. The first-order valence-corrected chi connectivity index (χ1v) is 7.12. The van der Waals surface area contributed by atoms with E-state index < -0.39 is 0 Å². The van der Waals surface area contributed by atoms with Crippen LogP contribution in [0.2, 0.25) is 0 Å². The van der Waals surface area contributed by atoms with E-state index in [0.29, 0.717) is 0 Å². The third kappa shape index (κ3) is 2.22. The molecule has 2 unspecified atom stereocenters. The van der Waals surface area contributed by atoms with Gasteiger partial charge in [0.1, 0.15) is 0 Å². The Morgan fingerprint density at radius 1 is 1.11 bits per heavy atom. The Hall–Kier alpha value is -1.49. The Kier molecular flexibility index (Phi) is 3.23. The molecule has 1 aromatic rings. The number of fused-ring (bicyclic) bond motifs is 1. The van der Waals surface area contributed by atoms with Gasteiger partial charge in [0.05, 0.1) is 11.6 Å². The molecule has 1 aromatic carbocycles. The van der Waals surface area contributed by atoms with Crippen molar-refractivity contribution in [1.82, 2.24) is 0 Å². The van der Waals surface area contributed by atoms with Crippen LogP contribution >= 0.6 is 0 Å². The van der Waals surface area contributed by atoms with E-state index in [1.165, 1.54) is 44.3 Å². The summed E-state index contributed by atoms with van der Waals surface area (Å²) in [7, 11) is 0. The smallest absolute Gasteiger partial charge is 0.0992 e. The number of rotatable bonds is 1. The molecule has 2 aliphatic rings. The second-order valence-corrected chi connectivity index (χ2v) is 5.70. The first kappa shape index (κ1) is 11.6. The van der Waals surface area contributed by atoms with Gasteiger partial charge in [-0.2, -0.15) is 5.26 Å². The summed E-state index contributed by atoms with van der Waals surface area (Å²) in [6.07, 6.45) is 7.02. The number of nitriles is 1. The fraction of sp³-hybridized carbons (Fsp3) is 0.562. The predicted octanol–water partition coefficient (Wildman–Crippen LogP) is 3.57. The van der Waals surface area contributed by atoms with Crippen molar-refractivity contribution in [3.8, 4) is 6.07 Å². The number of anilines is 1. The number of nitrogens with zero attached hydrogens (tertiary/aromatic N) is 2. The maximum atomic E-state index is 8.98. The Labute approximate surface area is 109 Å². The lowest BCUT2D eigenvalue weighted by Crippen LogP contribution is -2.41. The number of hydrogen-bond acceptors (Lipinski definition) is 2. The van der Waals surface area contributed by atoms with Crippen molar-refractivity contribution in [2.75, 3.05) is 18.0 Å². The summed E-state index contributed by atoms with van der Waals surface area (Å²) in [5.74, 6) is 1.85. The Morgan fingerprint density at radius 2 is 1.94 bits per heavy atom. The fourth-order valence-corrected chi connectivity index (χ4v) is 3.61. The van der Waals surface area contributed by atoms with Crippen molar-refractivity contribution >= 4 is 5.69 Å². The molecule has 1 aliphatic heterocycles. The van der Waals surface area contributed by atoms with Gasteiger partial charge in [-0.3, -0.25) is 0 Å². The van der Waals surface area contributed by atoms with Gasteiger partial charge in [-0.15, -0.1) is 0 Å². The molecule has 0 amide bonds. The molecule has 3 rings (SSSR count). The van der Waals surface area contributed by atoms with E-state index in [2.05, 4.69) is 17.0 Å². The number of hydrogen-bond donors (Lipinski definition) is 0.